The summed E-state index contributed by atoms with van der Waals surface area (Å²) in [5.74, 6) is -1.33. The molecule has 4 aromatic rings. The zero-order valence-electron chi connectivity index (χ0n) is 19.3. The van der Waals surface area contributed by atoms with Gasteiger partial charge in [-0.05, 0) is 24.1 Å². The van der Waals surface area contributed by atoms with Gasteiger partial charge in [-0.25, -0.2) is 0 Å². The van der Waals surface area contributed by atoms with E-state index in [9.17, 15) is 23.1 Å². The maximum Gasteiger partial charge on any atom is 0.288 e. The van der Waals surface area contributed by atoms with Gasteiger partial charge in [0.1, 0.15) is 21.2 Å². The predicted molar refractivity (Wildman–Crippen MR) is 141 cm³/mol. The van der Waals surface area contributed by atoms with Gasteiger partial charge < -0.3 is 25.4 Å². The highest BCUT2D eigenvalue weighted by Crippen LogP contribution is 2.38. The fourth-order valence-electron chi connectivity index (χ4n) is 4.15. The van der Waals surface area contributed by atoms with Crippen molar-refractivity contribution in [2.24, 2.45) is 4.40 Å². The van der Waals surface area contributed by atoms with Gasteiger partial charge >= 0.3 is 0 Å². The molecule has 0 fully saturated rings. The first-order valence-electron chi connectivity index (χ1n) is 11.3. The second-order valence-electron chi connectivity index (χ2n) is 8.30. The molecule has 5 rings (SSSR count). The number of benzene rings is 2. The van der Waals surface area contributed by atoms with Crippen molar-refractivity contribution in [2.75, 3.05) is 18.5 Å². The molecular formula is C25H22N4O6S2. The van der Waals surface area contributed by atoms with Gasteiger partial charge in [-0.1, -0.05) is 42.5 Å². The Morgan fingerprint density at radius 2 is 1.84 bits per heavy atom. The molecule has 2 aromatic carbocycles. The third kappa shape index (κ3) is 4.50. The van der Waals surface area contributed by atoms with Gasteiger partial charge in [-0.2, -0.15) is 8.42 Å². The number of fused-ring (bicyclic) bond motifs is 2. The fraction of sp³-hybridized carbons (Fsp3) is 0.160. The summed E-state index contributed by atoms with van der Waals surface area (Å²) in [4.78, 5) is 25.9. The zero-order valence-corrected chi connectivity index (χ0v) is 21.0. The van der Waals surface area contributed by atoms with Crippen LogP contribution in [0, 0.1) is 0 Å². The fourth-order valence-corrected chi connectivity index (χ4v) is 6.70. The highest BCUT2D eigenvalue weighted by atomic mass is 32.2. The molecule has 2 aromatic heterocycles. The largest absolute Gasteiger partial charge is 0.506 e. The van der Waals surface area contributed by atoms with Gasteiger partial charge in [0.2, 0.25) is 0 Å². The number of aromatic hydroxyl groups is 1. The topological polar surface area (TPSA) is 150 Å². The molecule has 0 bridgehead atoms. The van der Waals surface area contributed by atoms with Gasteiger partial charge in [0, 0.05) is 23.9 Å². The quantitative estimate of drug-likeness (QED) is 0.264. The Kier molecular flexibility index (Phi) is 6.54. The molecule has 10 nitrogen and oxygen atoms in total. The van der Waals surface area contributed by atoms with Gasteiger partial charge in [-0.15, -0.1) is 15.7 Å². The van der Waals surface area contributed by atoms with Crippen LogP contribution >= 0.6 is 11.3 Å². The number of sulfonamides is 1. The second kappa shape index (κ2) is 9.81. The van der Waals surface area contributed by atoms with E-state index in [4.69, 9.17) is 5.11 Å². The Hall–Kier alpha value is -4.00. The molecule has 4 N–H and O–H groups in total. The van der Waals surface area contributed by atoms with Crippen LogP contribution in [0.25, 0.3) is 10.9 Å². The van der Waals surface area contributed by atoms with E-state index in [1.54, 1.807) is 24.3 Å². The third-order valence-electron chi connectivity index (χ3n) is 5.88. The van der Waals surface area contributed by atoms with Crippen LogP contribution in [0.2, 0.25) is 0 Å². The highest BCUT2D eigenvalue weighted by molar-refractivity contribution is 7.90. The number of nitrogens with one attached hydrogen (secondary N) is 2. The van der Waals surface area contributed by atoms with Gasteiger partial charge in [0.05, 0.1) is 17.6 Å². The Bertz CT molecular complexity index is 1710. The lowest BCUT2D eigenvalue weighted by Gasteiger charge is -2.19. The molecule has 0 saturated carbocycles. The van der Waals surface area contributed by atoms with Crippen molar-refractivity contribution in [2.45, 2.75) is 17.9 Å². The SMILES string of the molecule is O=C(NCCCO)c1csc2c1S(=O)(=O)N=C(c1c(O)c3ccccc3n(Cc3ccccc3)c1=O)N2. The third-order valence-corrected chi connectivity index (χ3v) is 8.27. The average Bonchev–Trinajstić information content (AvgIpc) is 3.33. The molecule has 1 amide bonds. The minimum Gasteiger partial charge on any atom is -0.506 e. The summed E-state index contributed by atoms with van der Waals surface area (Å²) >= 11 is 0.971. The Balaban J connectivity index is 1.63. The van der Waals surface area contributed by atoms with Crippen LogP contribution in [0.4, 0.5) is 5.00 Å². The molecule has 12 heteroatoms. The summed E-state index contributed by atoms with van der Waals surface area (Å²) in [6.07, 6.45) is 0.321. The molecule has 0 aliphatic carbocycles. The summed E-state index contributed by atoms with van der Waals surface area (Å²) in [6.45, 7) is 0.246. The maximum atomic E-state index is 13.7. The Labute approximate surface area is 215 Å². The van der Waals surface area contributed by atoms with Gasteiger partial charge in [0.15, 0.2) is 5.84 Å². The normalized spacial score (nSPS) is 14.0. The number of nitrogens with zero attached hydrogens (tertiary/aromatic N) is 2. The van der Waals surface area contributed by atoms with Crippen LogP contribution in [0.5, 0.6) is 5.75 Å². The lowest BCUT2D eigenvalue weighted by atomic mass is 10.1. The smallest absolute Gasteiger partial charge is 0.288 e. The first-order chi connectivity index (χ1) is 17.8. The number of pyridine rings is 1. The number of amides is 1. The number of anilines is 1. The number of rotatable bonds is 7. The summed E-state index contributed by atoms with van der Waals surface area (Å²) in [7, 11) is -4.39. The monoisotopic (exact) mass is 538 g/mol. The van der Waals surface area contributed by atoms with Crippen LogP contribution in [0.15, 0.2) is 74.1 Å². The highest BCUT2D eigenvalue weighted by Gasteiger charge is 2.35. The number of carbonyl (C=O) groups excluding carboxylic acids is 1. The summed E-state index contributed by atoms with van der Waals surface area (Å²) in [6, 6.07) is 16.1. The van der Waals surface area contributed by atoms with Crippen molar-refractivity contribution in [3.05, 3.63) is 87.0 Å². The zero-order chi connectivity index (χ0) is 26.2. The molecule has 37 heavy (non-hydrogen) atoms. The van der Waals surface area contributed by atoms with Gasteiger partial charge in [-0.3, -0.25) is 9.59 Å². The van der Waals surface area contributed by atoms with Crippen LogP contribution in [0.3, 0.4) is 0 Å². The van der Waals surface area contributed by atoms with E-state index >= 15 is 0 Å². The number of aliphatic hydroxyl groups excluding tert-OH is 1. The molecular weight excluding hydrogens is 516 g/mol. The van der Waals surface area contributed by atoms with Crippen molar-refractivity contribution in [3.8, 4) is 5.75 Å². The number of hydrogen-bond donors (Lipinski definition) is 4. The minimum absolute atomic E-state index is 0.0857. The van der Waals surface area contributed by atoms with Gasteiger partial charge in [0.25, 0.3) is 21.5 Å². The minimum atomic E-state index is -4.39. The van der Waals surface area contributed by atoms with Crippen molar-refractivity contribution >= 4 is 49.0 Å². The Morgan fingerprint density at radius 3 is 2.59 bits per heavy atom. The van der Waals surface area contributed by atoms with E-state index in [-0.39, 0.29) is 46.6 Å². The van der Waals surface area contributed by atoms with E-state index in [1.165, 1.54) is 9.95 Å². The summed E-state index contributed by atoms with van der Waals surface area (Å²) < 4.78 is 31.7. The van der Waals surface area contributed by atoms with Crippen molar-refractivity contribution < 1.29 is 23.4 Å². The van der Waals surface area contributed by atoms with E-state index in [0.717, 1.165) is 16.9 Å². The van der Waals surface area contributed by atoms with Crippen molar-refractivity contribution in [1.82, 2.24) is 9.88 Å². The molecule has 0 radical (unpaired) electrons. The number of aliphatic hydroxyl groups is 1. The lowest BCUT2D eigenvalue weighted by Crippen LogP contribution is -2.33. The van der Waals surface area contributed by atoms with Crippen molar-refractivity contribution in [1.29, 1.82) is 0 Å². The number of para-hydroxylation sites is 1. The second-order valence-corrected chi connectivity index (χ2v) is 10.7. The van der Waals surface area contributed by atoms with Crippen molar-refractivity contribution in [3.63, 3.8) is 0 Å². The number of hydrogen-bond acceptors (Lipinski definition) is 8. The van der Waals surface area contributed by atoms with E-state index in [2.05, 4.69) is 15.0 Å². The molecule has 0 saturated heterocycles. The van der Waals surface area contributed by atoms with E-state index < -0.39 is 27.2 Å². The number of carbonyl (C=O) groups is 1. The number of aromatic nitrogens is 1. The number of amidine groups is 1. The molecule has 3 heterocycles. The predicted octanol–water partition coefficient (Wildman–Crippen LogP) is 2.49. The summed E-state index contributed by atoms with van der Waals surface area (Å²) in [5.41, 5.74) is 0.331. The van der Waals surface area contributed by atoms with Crippen LogP contribution < -0.4 is 16.2 Å². The standard InChI is InChI=1S/C25H22N4O6S2/c30-12-6-11-26-23(32)17-14-36-24-21(17)37(34,35)28-22(27-24)19-20(31)16-9-4-5-10-18(16)29(25(19)33)13-15-7-2-1-3-8-15/h1-5,7-10,14,30-31H,6,11-13H2,(H,26,32)(H,27,28). The first-order valence-corrected chi connectivity index (χ1v) is 13.6. The molecule has 190 valence electrons. The maximum absolute atomic E-state index is 13.7. The van der Waals surface area contributed by atoms with Crippen LogP contribution in [0.1, 0.15) is 27.9 Å². The van der Waals surface area contributed by atoms with E-state index in [0.29, 0.717) is 17.3 Å². The Morgan fingerprint density at radius 1 is 1.11 bits per heavy atom. The summed E-state index contributed by atoms with van der Waals surface area (Å²) in [5, 5.41) is 27.3. The van der Waals surface area contributed by atoms with E-state index in [1.807, 2.05) is 30.3 Å². The lowest BCUT2D eigenvalue weighted by molar-refractivity contribution is 0.0948. The molecule has 1 aliphatic heterocycles. The first kappa shape index (κ1) is 24.7. The number of thiophene rings is 1. The molecule has 1 aliphatic rings. The molecule has 0 atom stereocenters. The molecule has 0 spiro atoms. The molecule has 0 unspecified atom stereocenters. The average molecular weight is 539 g/mol. The van der Waals surface area contributed by atoms with Crippen LogP contribution in [-0.4, -0.2) is 48.1 Å². The van der Waals surface area contributed by atoms with Crippen LogP contribution in [-0.2, 0) is 16.6 Å².